The van der Waals surface area contributed by atoms with Gasteiger partial charge in [0, 0.05) is 37.0 Å². The first-order valence-electron chi connectivity index (χ1n) is 9.82. The first kappa shape index (κ1) is 21.7. The van der Waals surface area contributed by atoms with Crippen molar-refractivity contribution in [1.82, 2.24) is 0 Å². The van der Waals surface area contributed by atoms with Gasteiger partial charge < -0.3 is 0 Å². The van der Waals surface area contributed by atoms with Crippen LogP contribution in [0.3, 0.4) is 0 Å². The van der Waals surface area contributed by atoms with Crippen molar-refractivity contribution in [3.8, 4) is 11.8 Å². The third-order valence-electron chi connectivity index (χ3n) is 4.86. The van der Waals surface area contributed by atoms with E-state index in [1.165, 1.54) is 24.3 Å². The lowest BCUT2D eigenvalue weighted by molar-refractivity contribution is 0.103. The van der Waals surface area contributed by atoms with Crippen molar-refractivity contribution in [2.45, 2.75) is 0 Å². The number of halogens is 2. The Morgan fingerprint density at radius 3 is 1.22 bits per heavy atom. The van der Waals surface area contributed by atoms with Gasteiger partial charge in [0.2, 0.25) is 0 Å². The maximum absolute atomic E-state index is 13.0. The number of benzene rings is 4. The Balaban J connectivity index is 1.45. The summed E-state index contributed by atoms with van der Waals surface area (Å²) >= 11 is 2.21. The zero-order chi connectivity index (χ0) is 22.5. The van der Waals surface area contributed by atoms with Crippen LogP contribution < -0.4 is 0 Å². The molecule has 4 rings (SSSR count). The molecule has 0 aliphatic rings. The number of hydrogen-bond acceptors (Lipinski definition) is 2. The largest absolute Gasteiger partial charge is 0.289 e. The van der Waals surface area contributed by atoms with E-state index in [0.29, 0.717) is 22.3 Å². The molecule has 0 N–H and O–H groups in total. The smallest absolute Gasteiger partial charge is 0.193 e. The summed E-state index contributed by atoms with van der Waals surface area (Å²) in [6, 6.07) is 27.1. The highest BCUT2D eigenvalue weighted by Gasteiger charge is 2.09. The van der Waals surface area contributed by atoms with E-state index in [1.807, 2.05) is 36.4 Å². The summed E-state index contributed by atoms with van der Waals surface area (Å²) in [6.07, 6.45) is 0. The highest BCUT2D eigenvalue weighted by Crippen LogP contribution is 2.14. The van der Waals surface area contributed by atoms with Crippen molar-refractivity contribution >= 4 is 34.2 Å². The van der Waals surface area contributed by atoms with Gasteiger partial charge in [-0.15, -0.1) is 0 Å². The molecule has 2 nitrogen and oxygen atoms in total. The van der Waals surface area contributed by atoms with E-state index in [4.69, 9.17) is 0 Å². The third-order valence-corrected chi connectivity index (χ3v) is 5.58. The lowest BCUT2D eigenvalue weighted by Gasteiger charge is -2.02. The molecule has 0 aromatic heterocycles. The first-order valence-corrected chi connectivity index (χ1v) is 10.9. The summed E-state index contributed by atoms with van der Waals surface area (Å²) in [5.41, 5.74) is 3.76. The van der Waals surface area contributed by atoms with Crippen LogP contribution in [-0.2, 0) is 0 Å². The van der Waals surface area contributed by atoms with Crippen LogP contribution in [0.25, 0.3) is 0 Å². The minimum absolute atomic E-state index is 0.0256. The quantitative estimate of drug-likeness (QED) is 0.177. The fourth-order valence-corrected chi connectivity index (χ4v) is 3.45. The van der Waals surface area contributed by atoms with E-state index >= 15 is 0 Å². The highest BCUT2D eigenvalue weighted by atomic mass is 127. The Morgan fingerprint density at radius 2 is 0.844 bits per heavy atom. The minimum atomic E-state index is -0.376. The molecule has 0 atom stereocenters. The Kier molecular flexibility index (Phi) is 6.58. The molecule has 0 radical (unpaired) electrons. The summed E-state index contributed by atoms with van der Waals surface area (Å²) < 4.78 is 14.1. The van der Waals surface area contributed by atoms with Crippen molar-refractivity contribution in [3.63, 3.8) is 0 Å². The Bertz CT molecular complexity index is 1220. The van der Waals surface area contributed by atoms with Gasteiger partial charge in [0.15, 0.2) is 11.6 Å². The lowest BCUT2D eigenvalue weighted by Crippen LogP contribution is -2.01. The van der Waals surface area contributed by atoms with Crippen LogP contribution in [0.2, 0.25) is 0 Å². The zero-order valence-corrected chi connectivity index (χ0v) is 19.0. The third kappa shape index (κ3) is 5.19. The fourth-order valence-electron chi connectivity index (χ4n) is 3.09. The molecule has 32 heavy (non-hydrogen) atoms. The van der Waals surface area contributed by atoms with Crippen molar-refractivity contribution in [2.75, 3.05) is 0 Å². The maximum Gasteiger partial charge on any atom is 0.193 e. The van der Waals surface area contributed by atoms with Gasteiger partial charge >= 0.3 is 0 Å². The molecule has 0 bridgehead atoms. The van der Waals surface area contributed by atoms with Crippen LogP contribution in [0.4, 0.5) is 4.39 Å². The average Bonchev–Trinajstić information content (AvgIpc) is 2.83. The van der Waals surface area contributed by atoms with E-state index in [-0.39, 0.29) is 17.4 Å². The van der Waals surface area contributed by atoms with Crippen LogP contribution in [-0.4, -0.2) is 11.6 Å². The zero-order valence-electron chi connectivity index (χ0n) is 16.8. The normalized spacial score (nSPS) is 10.2. The van der Waals surface area contributed by atoms with Crippen LogP contribution in [0.5, 0.6) is 0 Å². The fraction of sp³-hybridized carbons (Fsp3) is 0. The Labute approximate surface area is 199 Å². The number of ketones is 2. The second kappa shape index (κ2) is 9.71. The van der Waals surface area contributed by atoms with Crippen molar-refractivity contribution in [2.24, 2.45) is 0 Å². The van der Waals surface area contributed by atoms with Gasteiger partial charge in [-0.2, -0.15) is 0 Å². The van der Waals surface area contributed by atoms with E-state index in [1.54, 1.807) is 36.4 Å². The van der Waals surface area contributed by atoms with Gasteiger partial charge in [-0.1, -0.05) is 11.8 Å². The second-order valence-corrected chi connectivity index (χ2v) is 8.32. The van der Waals surface area contributed by atoms with Gasteiger partial charge in [-0.3, -0.25) is 9.59 Å². The monoisotopic (exact) mass is 530 g/mol. The summed E-state index contributed by atoms with van der Waals surface area (Å²) in [6.45, 7) is 0. The van der Waals surface area contributed by atoms with E-state index in [9.17, 15) is 14.0 Å². The molecule has 4 heteroatoms. The summed E-state index contributed by atoms with van der Waals surface area (Å²) in [7, 11) is 0. The van der Waals surface area contributed by atoms with Crippen molar-refractivity contribution < 1.29 is 14.0 Å². The molecule has 0 saturated heterocycles. The number of hydrogen-bond donors (Lipinski definition) is 0. The lowest BCUT2D eigenvalue weighted by atomic mass is 10.0. The van der Waals surface area contributed by atoms with Crippen LogP contribution in [0.15, 0.2) is 97.1 Å². The average molecular weight is 530 g/mol. The van der Waals surface area contributed by atoms with Crippen LogP contribution >= 0.6 is 22.6 Å². The molecule has 4 aromatic rings. The molecule has 0 saturated carbocycles. The Hall–Kier alpha value is -3.56. The molecule has 0 aliphatic carbocycles. The summed E-state index contributed by atoms with van der Waals surface area (Å²) in [5.74, 6) is 5.57. The SMILES string of the molecule is O=C(c1ccc(F)cc1)c1ccc(C#Cc2ccc(C(=O)c3ccc(I)cc3)cc2)cc1. The molecule has 0 spiro atoms. The first-order chi connectivity index (χ1) is 15.5. The molecule has 0 aliphatic heterocycles. The van der Waals surface area contributed by atoms with Crippen LogP contribution in [0.1, 0.15) is 43.0 Å². The van der Waals surface area contributed by atoms with E-state index in [0.717, 1.165) is 14.7 Å². The summed E-state index contributed by atoms with van der Waals surface area (Å²) in [5, 5.41) is 0. The predicted octanol–water partition coefficient (Wildman–Crippen LogP) is 6.29. The maximum atomic E-state index is 13.0. The van der Waals surface area contributed by atoms with Gasteiger partial charge in [0.05, 0.1) is 0 Å². The molecule has 154 valence electrons. The Morgan fingerprint density at radius 1 is 0.531 bits per heavy atom. The molecule has 0 heterocycles. The molecule has 0 amide bonds. The van der Waals surface area contributed by atoms with Crippen LogP contribution in [0, 0.1) is 21.2 Å². The molecule has 4 aromatic carbocycles. The van der Waals surface area contributed by atoms with Gasteiger partial charge in [-0.25, -0.2) is 4.39 Å². The molecular weight excluding hydrogens is 514 g/mol. The topological polar surface area (TPSA) is 34.1 Å². The molecule has 0 fully saturated rings. The summed E-state index contributed by atoms with van der Waals surface area (Å²) in [4.78, 5) is 25.0. The standard InChI is InChI=1S/C28H16FIO2/c29-25-15-11-23(12-16-25)27(31)21-7-3-19(4-8-21)1-2-20-5-9-22(10-6-20)28(32)24-13-17-26(30)18-14-24/h3-18H. The number of carbonyl (C=O) groups excluding carboxylic acids is 2. The second-order valence-electron chi connectivity index (χ2n) is 7.08. The van der Waals surface area contributed by atoms with E-state index in [2.05, 4.69) is 34.4 Å². The number of carbonyl (C=O) groups is 2. The highest BCUT2D eigenvalue weighted by molar-refractivity contribution is 14.1. The van der Waals surface area contributed by atoms with Crippen molar-refractivity contribution in [1.29, 1.82) is 0 Å². The molecular formula is C28H16FIO2. The van der Waals surface area contributed by atoms with Gasteiger partial charge in [-0.05, 0) is 120 Å². The van der Waals surface area contributed by atoms with Crippen molar-refractivity contribution in [3.05, 3.63) is 140 Å². The predicted molar refractivity (Wildman–Crippen MR) is 131 cm³/mol. The van der Waals surface area contributed by atoms with Gasteiger partial charge in [0.1, 0.15) is 5.82 Å². The molecule has 0 unspecified atom stereocenters. The van der Waals surface area contributed by atoms with E-state index < -0.39 is 0 Å². The van der Waals surface area contributed by atoms with Gasteiger partial charge in [0.25, 0.3) is 0 Å². The number of rotatable bonds is 4. The minimum Gasteiger partial charge on any atom is -0.289 e.